The molecule has 0 spiro atoms. The molecule has 68 heavy (non-hydrogen) atoms. The summed E-state index contributed by atoms with van der Waals surface area (Å²) in [7, 11) is 6.21. The van der Waals surface area contributed by atoms with Gasteiger partial charge in [-0.25, -0.2) is 4.79 Å². The molecular weight excluding hydrogens is 873 g/mol. The smallest absolute Gasteiger partial charge is 0.370 e. The number of unbranched alkanes of at least 4 members (excludes halogenated alkanes) is 2. The van der Waals surface area contributed by atoms with E-state index in [0.717, 1.165) is 17.4 Å². The molecular formula is C50H77N8O10+. The minimum Gasteiger partial charge on any atom is -0.370 e. The van der Waals surface area contributed by atoms with E-state index >= 15 is 0 Å². The lowest BCUT2D eigenvalue weighted by molar-refractivity contribution is -0.870. The van der Waals surface area contributed by atoms with Crippen LogP contribution in [0.4, 0.5) is 4.79 Å². The molecule has 4 atom stereocenters. The van der Waals surface area contributed by atoms with Gasteiger partial charge in [-0.3, -0.25) is 33.6 Å². The number of amides is 7. The third-order valence-corrected chi connectivity index (χ3v) is 12.3. The van der Waals surface area contributed by atoms with Crippen molar-refractivity contribution >= 4 is 47.3 Å². The standard InChI is InChI=1S/C50H76N8O10/c1-9-35(42(51)62)32-49(4,45(65)55-29-16-28-52-43(63)38-22-20-37(21-23-38)41(61)36-18-12-10-13-19-36)34-50(5,33-48(2,3)44(64)53-30-17-31-58(6,7)8)46(66)54-26-14-11-15-27-56-47(67)68-57-39(59)24-25-40(57)60/h10,12-13,18-23,35,39,59H,9,11,14-17,24-34H2,1-8H3,(H6-,51,52,53,54,55,56,62,63,64,65,66,67)/p+1. The summed E-state index contributed by atoms with van der Waals surface area (Å²) in [6.07, 6.45) is 1.45. The quantitative estimate of drug-likeness (QED) is 0.0351. The van der Waals surface area contributed by atoms with E-state index in [0.29, 0.717) is 60.4 Å². The van der Waals surface area contributed by atoms with Crippen molar-refractivity contribution in [2.24, 2.45) is 27.9 Å². The molecule has 4 unspecified atom stereocenters. The van der Waals surface area contributed by atoms with Crippen LogP contribution in [0.2, 0.25) is 0 Å². The van der Waals surface area contributed by atoms with E-state index in [2.05, 4.69) is 47.7 Å². The van der Waals surface area contributed by atoms with Crippen molar-refractivity contribution in [3.05, 3.63) is 71.3 Å². The third-order valence-electron chi connectivity index (χ3n) is 12.3. The van der Waals surface area contributed by atoms with Crippen molar-refractivity contribution in [2.45, 2.75) is 111 Å². The zero-order valence-corrected chi connectivity index (χ0v) is 41.5. The van der Waals surface area contributed by atoms with Gasteiger partial charge in [0.25, 0.3) is 11.8 Å². The highest BCUT2D eigenvalue weighted by Gasteiger charge is 2.49. The average molecular weight is 950 g/mol. The molecule has 1 aliphatic rings. The number of nitrogens with zero attached hydrogens (tertiary/aromatic N) is 2. The summed E-state index contributed by atoms with van der Waals surface area (Å²) >= 11 is 0. The first-order valence-corrected chi connectivity index (χ1v) is 23.8. The average Bonchev–Trinajstić information content (AvgIpc) is 3.60. The number of hydroxylamine groups is 2. The van der Waals surface area contributed by atoms with Gasteiger partial charge in [0, 0.05) is 90.8 Å². The van der Waals surface area contributed by atoms with Crippen molar-refractivity contribution in [1.82, 2.24) is 31.6 Å². The van der Waals surface area contributed by atoms with Crippen LogP contribution < -0.4 is 32.3 Å². The van der Waals surface area contributed by atoms with Crippen LogP contribution >= 0.6 is 0 Å². The lowest BCUT2D eigenvalue weighted by Crippen LogP contribution is -2.51. The van der Waals surface area contributed by atoms with Crippen molar-refractivity contribution in [3.63, 3.8) is 0 Å². The Labute approximate surface area is 401 Å². The van der Waals surface area contributed by atoms with E-state index in [-0.39, 0.29) is 81.8 Å². The van der Waals surface area contributed by atoms with Gasteiger partial charge in [0.05, 0.1) is 27.7 Å². The number of quaternary nitrogens is 1. The fourth-order valence-electron chi connectivity index (χ4n) is 8.62. The number of primary amides is 1. The molecule has 0 saturated carbocycles. The van der Waals surface area contributed by atoms with Gasteiger partial charge < -0.3 is 46.7 Å². The van der Waals surface area contributed by atoms with E-state index in [9.17, 15) is 43.5 Å². The van der Waals surface area contributed by atoms with Crippen molar-refractivity contribution < 1.29 is 52.8 Å². The third kappa shape index (κ3) is 18.0. The van der Waals surface area contributed by atoms with Crippen molar-refractivity contribution in [2.75, 3.05) is 60.4 Å². The lowest BCUT2D eigenvalue weighted by atomic mass is 9.62. The minimum absolute atomic E-state index is 0.0284. The maximum absolute atomic E-state index is 14.5. The number of aliphatic hydroxyl groups is 1. The molecule has 0 aromatic heterocycles. The van der Waals surface area contributed by atoms with Crippen molar-refractivity contribution in [1.29, 1.82) is 0 Å². The summed E-state index contributed by atoms with van der Waals surface area (Å²) in [5.74, 6) is -3.24. The Morgan fingerprint density at radius 1 is 0.706 bits per heavy atom. The number of nitrogens with two attached hydrogens (primary N) is 1. The van der Waals surface area contributed by atoms with E-state index in [4.69, 9.17) is 10.6 Å². The van der Waals surface area contributed by atoms with E-state index in [1.165, 1.54) is 0 Å². The van der Waals surface area contributed by atoms with Crippen molar-refractivity contribution in [3.8, 4) is 0 Å². The van der Waals surface area contributed by atoms with Crippen LogP contribution in [0.3, 0.4) is 0 Å². The zero-order chi connectivity index (χ0) is 50.7. The van der Waals surface area contributed by atoms with Crippen LogP contribution in [-0.2, 0) is 28.8 Å². The van der Waals surface area contributed by atoms with Gasteiger partial charge in [-0.2, -0.15) is 0 Å². The molecule has 18 nitrogen and oxygen atoms in total. The fraction of sp³-hybridized carbons (Fsp3) is 0.600. The second kappa shape index (κ2) is 26.0. The molecule has 1 heterocycles. The van der Waals surface area contributed by atoms with Crippen LogP contribution in [-0.4, -0.2) is 129 Å². The fourth-order valence-corrected chi connectivity index (χ4v) is 8.62. The molecule has 8 N–H and O–H groups in total. The summed E-state index contributed by atoms with van der Waals surface area (Å²) in [6.45, 7) is 11.0. The molecule has 7 amide bonds. The number of ketones is 1. The SMILES string of the molecule is CCC(CC(C)(CC(C)(CC(C)(C)C(=O)NCCC[N+](C)(C)C)C(=O)NCCCCCNC(=O)ON1C(=O)CCC1O)C(=O)NCCCNC(=O)c1ccc(C(=O)c2ccccc2)cc1)C(N)=O. The molecule has 0 aliphatic carbocycles. The first kappa shape index (κ1) is 56.4. The Kier molecular flexibility index (Phi) is 21.6. The summed E-state index contributed by atoms with van der Waals surface area (Å²) < 4.78 is 0.736. The molecule has 3 rings (SSSR count). The highest BCUT2D eigenvalue weighted by Crippen LogP contribution is 2.46. The number of carbonyl (C=O) groups is 8. The molecule has 1 saturated heterocycles. The van der Waals surface area contributed by atoms with Crippen LogP contribution in [0.15, 0.2) is 54.6 Å². The lowest BCUT2D eigenvalue weighted by Gasteiger charge is -2.42. The summed E-state index contributed by atoms with van der Waals surface area (Å²) in [4.78, 5) is 110. The monoisotopic (exact) mass is 950 g/mol. The summed E-state index contributed by atoms with van der Waals surface area (Å²) in [5, 5.41) is 24.9. The van der Waals surface area contributed by atoms with Crippen LogP contribution in [0, 0.1) is 22.2 Å². The Hall–Kier alpha value is -5.88. The number of carbonyl (C=O) groups excluding carboxylic acids is 8. The molecule has 0 bridgehead atoms. The molecule has 2 aromatic rings. The molecule has 2 aromatic carbocycles. The number of hydrogen-bond acceptors (Lipinski definition) is 10. The zero-order valence-electron chi connectivity index (χ0n) is 41.5. The second-order valence-electron chi connectivity index (χ2n) is 20.2. The van der Waals surface area contributed by atoms with E-state index in [1.807, 2.05) is 6.07 Å². The molecule has 376 valence electrons. The maximum atomic E-state index is 14.5. The number of hydrogen-bond donors (Lipinski definition) is 7. The number of rotatable bonds is 29. The number of aliphatic hydroxyl groups excluding tert-OH is 1. The highest BCUT2D eigenvalue weighted by molar-refractivity contribution is 6.09. The van der Waals surface area contributed by atoms with Gasteiger partial charge in [0.2, 0.25) is 23.6 Å². The van der Waals surface area contributed by atoms with E-state index in [1.54, 1.807) is 83.1 Å². The van der Waals surface area contributed by atoms with Gasteiger partial charge in [-0.15, -0.1) is 5.06 Å². The van der Waals surface area contributed by atoms with Gasteiger partial charge in [0.1, 0.15) is 0 Å². The molecule has 1 fully saturated rings. The molecule has 1 aliphatic heterocycles. The second-order valence-corrected chi connectivity index (χ2v) is 20.2. The molecule has 18 heteroatoms. The predicted octanol–water partition coefficient (Wildman–Crippen LogP) is 3.96. The van der Waals surface area contributed by atoms with Gasteiger partial charge in [-0.05, 0) is 63.5 Å². The largest absolute Gasteiger partial charge is 0.431 e. The van der Waals surface area contributed by atoms with E-state index < -0.39 is 52.2 Å². The predicted molar refractivity (Wildman–Crippen MR) is 257 cm³/mol. The van der Waals surface area contributed by atoms with Crippen LogP contribution in [0.1, 0.15) is 132 Å². The normalized spacial score (nSPS) is 16.1. The molecule has 0 radical (unpaired) electrons. The Balaban J connectivity index is 1.70. The van der Waals surface area contributed by atoms with Gasteiger partial charge in [0.15, 0.2) is 12.0 Å². The Morgan fingerprint density at radius 3 is 1.81 bits per heavy atom. The summed E-state index contributed by atoms with van der Waals surface area (Å²) in [6, 6.07) is 15.2. The first-order valence-electron chi connectivity index (χ1n) is 23.8. The first-order chi connectivity index (χ1) is 31.9. The van der Waals surface area contributed by atoms with Gasteiger partial charge >= 0.3 is 6.09 Å². The van der Waals surface area contributed by atoms with Crippen LogP contribution in [0.5, 0.6) is 0 Å². The number of benzene rings is 2. The maximum Gasteiger partial charge on any atom is 0.431 e. The topological polar surface area (TPSA) is 255 Å². The minimum atomic E-state index is -1.31. The van der Waals surface area contributed by atoms with Gasteiger partial charge in [-0.1, -0.05) is 77.1 Å². The van der Waals surface area contributed by atoms with Crippen LogP contribution in [0.25, 0.3) is 0 Å². The highest BCUT2D eigenvalue weighted by atomic mass is 16.7. The summed E-state index contributed by atoms with van der Waals surface area (Å²) in [5.41, 5.74) is 3.53. The Morgan fingerprint density at radius 2 is 1.24 bits per heavy atom. The number of nitrogens with one attached hydrogen (secondary N) is 5. The Bertz CT molecular complexity index is 2040.